The summed E-state index contributed by atoms with van der Waals surface area (Å²) in [6, 6.07) is 4.37. The second-order valence-corrected chi connectivity index (χ2v) is 10.2. The Morgan fingerprint density at radius 3 is 2.40 bits per heavy atom. The van der Waals surface area contributed by atoms with Crippen molar-refractivity contribution in [2.45, 2.75) is 50.3 Å². The van der Waals surface area contributed by atoms with Crippen LogP contribution in [0, 0.1) is 17.2 Å². The van der Waals surface area contributed by atoms with E-state index in [1.54, 1.807) is 25.7 Å². The molecule has 0 spiro atoms. The predicted molar refractivity (Wildman–Crippen MR) is 109 cm³/mol. The van der Waals surface area contributed by atoms with Crippen LogP contribution in [0.1, 0.15) is 49.5 Å². The topological polar surface area (TPSA) is 140 Å². The second kappa shape index (κ2) is 8.62. The molecule has 0 aromatic heterocycles. The molecule has 1 aliphatic rings. The number of nitrogens with two attached hydrogens (primary N) is 1. The van der Waals surface area contributed by atoms with Crippen molar-refractivity contribution in [2.75, 3.05) is 24.8 Å². The molecule has 1 aliphatic heterocycles. The molecule has 0 aliphatic carbocycles. The normalized spacial score (nSPS) is 19.7. The van der Waals surface area contributed by atoms with Crippen molar-refractivity contribution in [3.05, 3.63) is 23.3 Å². The quantitative estimate of drug-likeness (QED) is 0.695. The zero-order chi connectivity index (χ0) is 22.9. The molecular formula is C20H27N3O6S. The van der Waals surface area contributed by atoms with Crippen LogP contribution in [0.4, 0.5) is 5.69 Å². The molecule has 164 valence electrons. The number of hydrogen-bond acceptors (Lipinski definition) is 9. The average Bonchev–Trinajstić information content (AvgIpc) is 2.64. The maximum absolute atomic E-state index is 12.4. The molecule has 1 aromatic rings. The van der Waals surface area contributed by atoms with E-state index in [1.807, 2.05) is 6.07 Å². The molecule has 0 amide bonds. The van der Waals surface area contributed by atoms with Gasteiger partial charge < -0.3 is 20.1 Å². The van der Waals surface area contributed by atoms with Crippen molar-refractivity contribution < 1.29 is 27.5 Å². The summed E-state index contributed by atoms with van der Waals surface area (Å²) < 4.78 is 34.9. The van der Waals surface area contributed by atoms with Gasteiger partial charge in [-0.05, 0) is 45.7 Å². The van der Waals surface area contributed by atoms with Crippen LogP contribution < -0.4 is 10.6 Å². The van der Waals surface area contributed by atoms with E-state index in [0.29, 0.717) is 6.42 Å². The Labute approximate surface area is 176 Å². The van der Waals surface area contributed by atoms with Gasteiger partial charge in [0.25, 0.3) is 0 Å². The van der Waals surface area contributed by atoms with E-state index in [-0.39, 0.29) is 40.6 Å². The van der Waals surface area contributed by atoms with Crippen LogP contribution in [0.2, 0.25) is 0 Å². The molecule has 0 bridgehead atoms. The lowest BCUT2D eigenvalue weighted by Gasteiger charge is -2.39. The van der Waals surface area contributed by atoms with E-state index in [2.05, 4.69) is 4.74 Å². The van der Waals surface area contributed by atoms with Gasteiger partial charge in [-0.1, -0.05) is 0 Å². The summed E-state index contributed by atoms with van der Waals surface area (Å²) in [6.07, 6.45) is 1.01. The zero-order valence-electron chi connectivity index (χ0n) is 17.8. The summed E-state index contributed by atoms with van der Waals surface area (Å²) in [7, 11) is -2.61. The average molecular weight is 438 g/mol. The summed E-state index contributed by atoms with van der Waals surface area (Å²) in [5.74, 6) is -1.57. The number of ether oxygens (including phenoxy) is 2. The minimum absolute atomic E-state index is 0.0225. The first-order valence-electron chi connectivity index (χ1n) is 9.40. The highest BCUT2D eigenvalue weighted by atomic mass is 32.2. The minimum Gasteiger partial charge on any atom is -0.465 e. The van der Waals surface area contributed by atoms with Crippen LogP contribution in [0.3, 0.4) is 0 Å². The second-order valence-electron chi connectivity index (χ2n) is 8.26. The van der Waals surface area contributed by atoms with Gasteiger partial charge in [-0.3, -0.25) is 4.79 Å². The molecule has 1 aromatic carbocycles. The van der Waals surface area contributed by atoms with Crippen LogP contribution in [0.15, 0.2) is 17.0 Å². The number of methoxy groups -OCH3 is 1. The highest BCUT2D eigenvalue weighted by molar-refractivity contribution is 7.90. The van der Waals surface area contributed by atoms with Gasteiger partial charge in [0, 0.05) is 12.8 Å². The molecule has 1 saturated heterocycles. The van der Waals surface area contributed by atoms with Crippen molar-refractivity contribution in [1.29, 1.82) is 5.26 Å². The molecule has 2 atom stereocenters. The van der Waals surface area contributed by atoms with Gasteiger partial charge in [-0.2, -0.15) is 5.26 Å². The van der Waals surface area contributed by atoms with Crippen LogP contribution in [-0.2, 0) is 24.1 Å². The van der Waals surface area contributed by atoms with E-state index >= 15 is 0 Å². The number of esters is 2. The highest BCUT2D eigenvalue weighted by Crippen LogP contribution is 2.34. The first-order valence-corrected chi connectivity index (χ1v) is 11.3. The van der Waals surface area contributed by atoms with Gasteiger partial charge in [0.05, 0.1) is 40.9 Å². The van der Waals surface area contributed by atoms with E-state index in [0.717, 1.165) is 19.4 Å². The fourth-order valence-corrected chi connectivity index (χ4v) is 4.24. The smallest absolute Gasteiger partial charge is 0.339 e. The molecule has 2 N–H and O–H groups in total. The lowest BCUT2D eigenvalue weighted by atomic mass is 9.93. The lowest BCUT2D eigenvalue weighted by Crippen LogP contribution is -2.50. The highest BCUT2D eigenvalue weighted by Gasteiger charge is 2.35. The van der Waals surface area contributed by atoms with Crippen LogP contribution in [0.5, 0.6) is 0 Å². The van der Waals surface area contributed by atoms with E-state index in [4.69, 9.17) is 10.5 Å². The third-order valence-electron chi connectivity index (χ3n) is 4.72. The zero-order valence-corrected chi connectivity index (χ0v) is 18.6. The van der Waals surface area contributed by atoms with E-state index in [9.17, 15) is 23.3 Å². The number of carbonyl (C=O) groups excluding carboxylic acids is 2. The summed E-state index contributed by atoms with van der Waals surface area (Å²) >= 11 is 0. The van der Waals surface area contributed by atoms with Crippen LogP contribution in [0.25, 0.3) is 0 Å². The standard InChI is InChI=1S/C20H27N3O6S/c1-20(2,3)29-18(24)12-6-7-23(17(22)9-12)15-8-13(11-21)14(19(25)28-4)10-16(15)30(5,26)27/h8,10,12,17H,6-7,9,22H2,1-5H3. The third kappa shape index (κ3) is 5.29. The fourth-order valence-electron chi connectivity index (χ4n) is 3.36. The molecule has 1 heterocycles. The third-order valence-corrected chi connectivity index (χ3v) is 5.84. The van der Waals surface area contributed by atoms with Crippen molar-refractivity contribution in [2.24, 2.45) is 11.7 Å². The van der Waals surface area contributed by atoms with Crippen molar-refractivity contribution in [3.8, 4) is 6.07 Å². The number of piperidine rings is 1. The number of hydrogen-bond donors (Lipinski definition) is 1. The monoisotopic (exact) mass is 437 g/mol. The Morgan fingerprint density at radius 2 is 1.93 bits per heavy atom. The lowest BCUT2D eigenvalue weighted by molar-refractivity contribution is -0.161. The Morgan fingerprint density at radius 1 is 1.30 bits per heavy atom. The van der Waals surface area contributed by atoms with E-state index in [1.165, 1.54) is 6.07 Å². The van der Waals surface area contributed by atoms with Gasteiger partial charge in [0.1, 0.15) is 11.7 Å². The SMILES string of the molecule is COC(=O)c1cc(S(C)(=O)=O)c(N2CCC(C(=O)OC(C)(C)C)CC2N)cc1C#N. The van der Waals surface area contributed by atoms with Gasteiger partial charge in [-0.15, -0.1) is 0 Å². The fraction of sp³-hybridized carbons (Fsp3) is 0.550. The molecule has 9 nitrogen and oxygen atoms in total. The number of anilines is 1. The maximum atomic E-state index is 12.4. The van der Waals surface area contributed by atoms with Gasteiger partial charge >= 0.3 is 11.9 Å². The summed E-state index contributed by atoms with van der Waals surface area (Å²) in [6.45, 7) is 5.63. The van der Waals surface area contributed by atoms with Gasteiger partial charge in [0.15, 0.2) is 9.84 Å². The molecule has 0 radical (unpaired) electrons. The van der Waals surface area contributed by atoms with Crippen molar-refractivity contribution in [1.82, 2.24) is 0 Å². The molecule has 2 rings (SSSR count). The Balaban J connectivity index is 2.43. The van der Waals surface area contributed by atoms with Crippen molar-refractivity contribution in [3.63, 3.8) is 0 Å². The molecule has 2 unspecified atom stereocenters. The molecule has 1 fully saturated rings. The summed E-state index contributed by atoms with van der Waals surface area (Å²) in [5.41, 5.74) is 5.72. The van der Waals surface area contributed by atoms with Gasteiger partial charge in [0.2, 0.25) is 0 Å². The molecule has 30 heavy (non-hydrogen) atoms. The molecular weight excluding hydrogens is 410 g/mol. The Hall–Kier alpha value is -2.64. The number of nitriles is 1. The largest absolute Gasteiger partial charge is 0.465 e. The minimum atomic E-state index is -3.76. The summed E-state index contributed by atoms with van der Waals surface area (Å²) in [5, 5.41) is 9.45. The van der Waals surface area contributed by atoms with Crippen LogP contribution >= 0.6 is 0 Å². The van der Waals surface area contributed by atoms with Crippen LogP contribution in [-0.4, -0.2) is 52.0 Å². The number of nitrogens with zero attached hydrogens (tertiary/aromatic N) is 2. The van der Waals surface area contributed by atoms with Crippen molar-refractivity contribution >= 4 is 27.5 Å². The first kappa shape index (κ1) is 23.6. The van der Waals surface area contributed by atoms with E-state index < -0.39 is 33.5 Å². The number of rotatable bonds is 4. The van der Waals surface area contributed by atoms with Gasteiger partial charge in [-0.25, -0.2) is 13.2 Å². The molecule has 10 heteroatoms. The number of carbonyl (C=O) groups is 2. The summed E-state index contributed by atoms with van der Waals surface area (Å²) in [4.78, 5) is 25.9. The number of benzene rings is 1. The Kier molecular flexibility index (Phi) is 6.79. The molecule has 0 saturated carbocycles. The Bertz CT molecular complexity index is 991. The predicted octanol–water partition coefficient (Wildman–Crippen LogP) is 1.59. The number of sulfone groups is 1. The first-order chi connectivity index (χ1) is 13.8. The maximum Gasteiger partial charge on any atom is 0.339 e.